The molecule has 0 aliphatic carbocycles. The van der Waals surface area contributed by atoms with E-state index in [4.69, 9.17) is 14.6 Å². The molecule has 1 aliphatic rings. The van der Waals surface area contributed by atoms with Crippen LogP contribution < -0.4 is 0 Å². The largest absolute Gasteiger partial charge is 0.481 e. The first-order valence-electron chi connectivity index (χ1n) is 9.51. The number of imidazole rings is 1. The molecule has 0 radical (unpaired) electrons. The molecule has 1 unspecified atom stereocenters. The van der Waals surface area contributed by atoms with E-state index >= 15 is 0 Å². The van der Waals surface area contributed by atoms with Gasteiger partial charge < -0.3 is 19.3 Å². The molecule has 7 nitrogen and oxygen atoms in total. The Hall–Kier alpha value is -2.67. The molecule has 1 N–H and O–H groups in total. The number of ether oxygens (including phenoxy) is 1. The molecule has 1 atom stereocenters. The Morgan fingerprint density at radius 1 is 1.29 bits per heavy atom. The lowest BCUT2D eigenvalue weighted by Crippen LogP contribution is -2.30. The van der Waals surface area contributed by atoms with Crippen LogP contribution in [-0.4, -0.2) is 51.7 Å². The maximum atomic E-state index is 12.5. The van der Waals surface area contributed by atoms with Crippen LogP contribution in [0.4, 0.5) is 0 Å². The third-order valence-electron chi connectivity index (χ3n) is 4.77. The molecule has 1 amide bonds. The standard InChI is InChI=1S/C19H25N3O2.C2H4O2/c1-24-12-11-22-15-20-13-18(22)14-21-10-9-17(7-8-19(21)23)16-5-3-2-4-6-16;1-2(3)4/h2-6,13,15,17H,7-12,14H2,1H3;1H3,(H,3,4). The fourth-order valence-corrected chi connectivity index (χ4v) is 3.33. The number of aromatic nitrogens is 2. The molecule has 152 valence electrons. The lowest BCUT2D eigenvalue weighted by Gasteiger charge is -2.21. The number of aliphatic carboxylic acids is 1. The van der Waals surface area contributed by atoms with Crippen molar-refractivity contribution in [2.45, 2.75) is 45.2 Å². The number of methoxy groups -OCH3 is 1. The van der Waals surface area contributed by atoms with Crippen LogP contribution in [0.2, 0.25) is 0 Å². The van der Waals surface area contributed by atoms with Gasteiger partial charge in [-0.15, -0.1) is 0 Å². The third kappa shape index (κ3) is 6.81. The smallest absolute Gasteiger partial charge is 0.300 e. The summed E-state index contributed by atoms with van der Waals surface area (Å²) in [5.41, 5.74) is 2.41. The van der Waals surface area contributed by atoms with Gasteiger partial charge in [0.25, 0.3) is 5.97 Å². The van der Waals surface area contributed by atoms with Gasteiger partial charge in [0.15, 0.2) is 0 Å². The predicted octanol–water partition coefficient (Wildman–Crippen LogP) is 2.92. The fourth-order valence-electron chi connectivity index (χ4n) is 3.33. The highest BCUT2D eigenvalue weighted by molar-refractivity contribution is 5.76. The zero-order valence-corrected chi connectivity index (χ0v) is 16.6. The molecule has 0 saturated carbocycles. The molecular formula is C21H29N3O4. The molecular weight excluding hydrogens is 358 g/mol. The number of hydrogen-bond donors (Lipinski definition) is 1. The fraction of sp³-hybridized carbons (Fsp3) is 0.476. The normalized spacial score (nSPS) is 16.9. The number of carboxylic acids is 1. The third-order valence-corrected chi connectivity index (χ3v) is 4.77. The van der Waals surface area contributed by atoms with Gasteiger partial charge in [-0.2, -0.15) is 0 Å². The number of rotatable bonds is 6. The van der Waals surface area contributed by atoms with Crippen molar-refractivity contribution in [2.24, 2.45) is 0 Å². The Bertz CT molecular complexity index is 741. The van der Waals surface area contributed by atoms with Crippen LogP contribution in [0, 0.1) is 0 Å². The zero-order valence-electron chi connectivity index (χ0n) is 16.6. The molecule has 1 aromatic carbocycles. The first-order valence-corrected chi connectivity index (χ1v) is 9.51. The van der Waals surface area contributed by atoms with E-state index in [1.54, 1.807) is 7.11 Å². The van der Waals surface area contributed by atoms with Gasteiger partial charge in [-0.3, -0.25) is 9.59 Å². The number of carbonyl (C=O) groups excluding carboxylic acids is 1. The summed E-state index contributed by atoms with van der Waals surface area (Å²) in [6.45, 7) is 3.92. The molecule has 2 heterocycles. The van der Waals surface area contributed by atoms with Gasteiger partial charge >= 0.3 is 0 Å². The average molecular weight is 387 g/mol. The molecule has 3 rings (SSSR count). The average Bonchev–Trinajstić information content (AvgIpc) is 3.03. The summed E-state index contributed by atoms with van der Waals surface area (Å²) in [5, 5.41) is 7.42. The SMILES string of the molecule is CC(=O)O.COCCn1cncc1CN1CCC(c2ccccc2)CCC1=O. The van der Waals surface area contributed by atoms with E-state index in [0.29, 0.717) is 25.5 Å². The van der Waals surface area contributed by atoms with Gasteiger partial charge in [0.05, 0.1) is 25.2 Å². The molecule has 1 aromatic heterocycles. The monoisotopic (exact) mass is 387 g/mol. The Morgan fingerprint density at radius 3 is 2.68 bits per heavy atom. The maximum absolute atomic E-state index is 12.5. The van der Waals surface area contributed by atoms with Gasteiger partial charge in [0.2, 0.25) is 5.91 Å². The van der Waals surface area contributed by atoms with Crippen molar-refractivity contribution in [3.63, 3.8) is 0 Å². The van der Waals surface area contributed by atoms with Crippen molar-refractivity contribution >= 4 is 11.9 Å². The Balaban J connectivity index is 0.000000640. The minimum Gasteiger partial charge on any atom is -0.481 e. The number of amides is 1. The van der Waals surface area contributed by atoms with Crippen LogP contribution in [-0.2, 0) is 27.4 Å². The van der Waals surface area contributed by atoms with E-state index in [-0.39, 0.29) is 5.91 Å². The summed E-state index contributed by atoms with van der Waals surface area (Å²) in [6, 6.07) is 10.5. The van der Waals surface area contributed by atoms with Gasteiger partial charge in [0.1, 0.15) is 0 Å². The molecule has 1 saturated heterocycles. The molecule has 28 heavy (non-hydrogen) atoms. The summed E-state index contributed by atoms with van der Waals surface area (Å²) in [4.78, 5) is 27.7. The first-order chi connectivity index (χ1) is 13.5. The van der Waals surface area contributed by atoms with E-state index in [1.165, 1.54) is 5.56 Å². The first kappa shape index (κ1) is 21.6. The van der Waals surface area contributed by atoms with Crippen molar-refractivity contribution in [2.75, 3.05) is 20.3 Å². The Kier molecular flexibility index (Phi) is 8.68. The summed E-state index contributed by atoms with van der Waals surface area (Å²) >= 11 is 0. The van der Waals surface area contributed by atoms with Crippen LogP contribution in [0.1, 0.15) is 43.4 Å². The number of benzene rings is 1. The van der Waals surface area contributed by atoms with Crippen LogP contribution in [0.25, 0.3) is 0 Å². The van der Waals surface area contributed by atoms with Gasteiger partial charge in [-0.25, -0.2) is 4.98 Å². The number of carboxylic acid groups (broad SMARTS) is 1. The highest BCUT2D eigenvalue weighted by Gasteiger charge is 2.24. The lowest BCUT2D eigenvalue weighted by molar-refractivity contribution is -0.134. The van der Waals surface area contributed by atoms with E-state index in [1.807, 2.05) is 23.5 Å². The molecule has 0 spiro atoms. The van der Waals surface area contributed by atoms with Crippen molar-refractivity contribution in [3.8, 4) is 0 Å². The zero-order chi connectivity index (χ0) is 20.4. The molecule has 2 aromatic rings. The highest BCUT2D eigenvalue weighted by Crippen LogP contribution is 2.28. The second-order valence-corrected chi connectivity index (χ2v) is 6.84. The molecule has 1 fully saturated rings. The van der Waals surface area contributed by atoms with E-state index in [2.05, 4.69) is 33.8 Å². The minimum absolute atomic E-state index is 0.243. The van der Waals surface area contributed by atoms with Crippen LogP contribution >= 0.6 is 0 Å². The Labute approximate surface area is 165 Å². The van der Waals surface area contributed by atoms with Crippen molar-refractivity contribution in [3.05, 3.63) is 54.1 Å². The van der Waals surface area contributed by atoms with E-state index in [9.17, 15) is 4.79 Å². The number of hydrogen-bond acceptors (Lipinski definition) is 4. The molecule has 1 aliphatic heterocycles. The second kappa shape index (κ2) is 11.2. The van der Waals surface area contributed by atoms with E-state index < -0.39 is 5.97 Å². The van der Waals surface area contributed by atoms with Gasteiger partial charge in [-0.1, -0.05) is 30.3 Å². The van der Waals surface area contributed by atoms with Crippen molar-refractivity contribution in [1.82, 2.24) is 14.5 Å². The van der Waals surface area contributed by atoms with Crippen LogP contribution in [0.3, 0.4) is 0 Å². The minimum atomic E-state index is -0.833. The summed E-state index contributed by atoms with van der Waals surface area (Å²) in [5.74, 6) is -0.119. The predicted molar refractivity (Wildman–Crippen MR) is 106 cm³/mol. The van der Waals surface area contributed by atoms with Gasteiger partial charge in [-0.05, 0) is 24.3 Å². The number of likely N-dealkylation sites (tertiary alicyclic amines) is 1. The maximum Gasteiger partial charge on any atom is 0.300 e. The van der Waals surface area contributed by atoms with Crippen molar-refractivity contribution in [1.29, 1.82) is 0 Å². The van der Waals surface area contributed by atoms with Gasteiger partial charge in [0, 0.05) is 39.7 Å². The van der Waals surface area contributed by atoms with Crippen LogP contribution in [0.5, 0.6) is 0 Å². The number of carbonyl (C=O) groups is 2. The summed E-state index contributed by atoms with van der Waals surface area (Å²) < 4.78 is 7.20. The summed E-state index contributed by atoms with van der Waals surface area (Å²) in [6.07, 6.45) is 6.22. The topological polar surface area (TPSA) is 84.7 Å². The Morgan fingerprint density at radius 2 is 2.00 bits per heavy atom. The van der Waals surface area contributed by atoms with E-state index in [0.717, 1.165) is 38.5 Å². The highest BCUT2D eigenvalue weighted by atomic mass is 16.5. The lowest BCUT2D eigenvalue weighted by atomic mass is 9.92. The van der Waals surface area contributed by atoms with Crippen molar-refractivity contribution < 1.29 is 19.4 Å². The second-order valence-electron chi connectivity index (χ2n) is 6.84. The molecule has 0 bridgehead atoms. The van der Waals surface area contributed by atoms with Crippen LogP contribution in [0.15, 0.2) is 42.9 Å². The quantitative estimate of drug-likeness (QED) is 0.824. The summed E-state index contributed by atoms with van der Waals surface area (Å²) in [7, 11) is 1.69. The molecule has 7 heteroatoms. The number of nitrogens with zero attached hydrogens (tertiary/aromatic N) is 3.